The molecule has 2 aliphatic heterocycles. The lowest BCUT2D eigenvalue weighted by Gasteiger charge is -2.38. The molecule has 4 nitrogen and oxygen atoms in total. The van der Waals surface area contributed by atoms with Crippen molar-refractivity contribution in [2.24, 2.45) is 0 Å². The number of benzene rings is 1. The van der Waals surface area contributed by atoms with Gasteiger partial charge in [0.1, 0.15) is 11.1 Å². The molecule has 1 amide bonds. The number of carbonyl (C=O) groups excluding carboxylic acids is 1. The first-order chi connectivity index (χ1) is 12.2. The van der Waals surface area contributed by atoms with Gasteiger partial charge in [0.05, 0.1) is 5.75 Å². The molecule has 2 aliphatic rings. The van der Waals surface area contributed by atoms with E-state index in [1.165, 1.54) is 5.56 Å². The summed E-state index contributed by atoms with van der Waals surface area (Å²) in [7, 11) is 0. The average molecular weight is 421 g/mol. The Morgan fingerprint density at radius 1 is 1.12 bits per heavy atom. The van der Waals surface area contributed by atoms with Gasteiger partial charge in [-0.3, -0.25) is 9.69 Å². The van der Waals surface area contributed by atoms with Gasteiger partial charge in [-0.25, -0.2) is 0 Å². The Labute approximate surface area is 160 Å². The van der Waals surface area contributed by atoms with Crippen molar-refractivity contribution in [1.82, 2.24) is 9.80 Å². The summed E-state index contributed by atoms with van der Waals surface area (Å²) >= 11 is 5.03. The monoisotopic (exact) mass is 420 g/mol. The number of rotatable bonds is 4. The van der Waals surface area contributed by atoms with Crippen LogP contribution in [0.25, 0.3) is 0 Å². The van der Waals surface area contributed by atoms with E-state index in [0.717, 1.165) is 42.9 Å². The smallest absolute Gasteiger partial charge is 0.234 e. The fourth-order valence-corrected chi connectivity index (χ4v) is 5.22. The highest BCUT2D eigenvalue weighted by Crippen LogP contribution is 2.42. The van der Waals surface area contributed by atoms with Crippen molar-refractivity contribution < 1.29 is 9.21 Å². The molecule has 2 saturated heterocycles. The second-order valence-corrected chi connectivity index (χ2v) is 8.45. The second-order valence-electron chi connectivity index (χ2n) is 6.60. The van der Waals surface area contributed by atoms with Gasteiger partial charge >= 0.3 is 0 Å². The molecule has 6 heteroatoms. The molecule has 2 fully saturated rings. The van der Waals surface area contributed by atoms with Crippen LogP contribution in [0, 0.1) is 0 Å². The van der Waals surface area contributed by atoms with Crippen LogP contribution in [0.4, 0.5) is 0 Å². The first-order valence-electron chi connectivity index (χ1n) is 8.65. The molecule has 1 aromatic carbocycles. The standard InChI is InChI=1S/C19H21BrN2O2S/c20-17-7-6-16(24-17)19-22(18(23)13-25-19)15-8-10-21(11-9-15)12-14-4-2-1-3-5-14/h1-7,15,19H,8-13H2. The Morgan fingerprint density at radius 3 is 2.56 bits per heavy atom. The fraction of sp³-hybridized carbons (Fsp3) is 0.421. The van der Waals surface area contributed by atoms with Crippen molar-refractivity contribution >= 4 is 33.6 Å². The lowest BCUT2D eigenvalue weighted by atomic mass is 10.0. The maximum Gasteiger partial charge on any atom is 0.234 e. The summed E-state index contributed by atoms with van der Waals surface area (Å²) in [4.78, 5) is 17.0. The van der Waals surface area contributed by atoms with Gasteiger partial charge in [-0.15, -0.1) is 11.8 Å². The summed E-state index contributed by atoms with van der Waals surface area (Å²) < 4.78 is 6.45. The number of amides is 1. The summed E-state index contributed by atoms with van der Waals surface area (Å²) in [6.07, 6.45) is 2.05. The van der Waals surface area contributed by atoms with Gasteiger partial charge in [0.25, 0.3) is 0 Å². The van der Waals surface area contributed by atoms with Crippen LogP contribution in [0.3, 0.4) is 0 Å². The van der Waals surface area contributed by atoms with E-state index in [-0.39, 0.29) is 11.3 Å². The van der Waals surface area contributed by atoms with Crippen LogP contribution >= 0.6 is 27.7 Å². The van der Waals surface area contributed by atoms with Crippen molar-refractivity contribution in [1.29, 1.82) is 0 Å². The van der Waals surface area contributed by atoms with Crippen molar-refractivity contribution in [3.8, 4) is 0 Å². The zero-order valence-corrected chi connectivity index (χ0v) is 16.3. The molecule has 2 aromatic rings. The van der Waals surface area contributed by atoms with Crippen molar-refractivity contribution in [2.45, 2.75) is 30.8 Å². The summed E-state index contributed by atoms with van der Waals surface area (Å²) in [5.74, 6) is 1.66. The molecular weight excluding hydrogens is 400 g/mol. The zero-order chi connectivity index (χ0) is 17.2. The van der Waals surface area contributed by atoms with Crippen molar-refractivity contribution in [2.75, 3.05) is 18.8 Å². The third kappa shape index (κ3) is 3.81. The van der Waals surface area contributed by atoms with Gasteiger partial charge in [0, 0.05) is 25.7 Å². The molecule has 0 N–H and O–H groups in total. The van der Waals surface area contributed by atoms with Crippen molar-refractivity contribution in [3.63, 3.8) is 0 Å². The molecule has 0 radical (unpaired) electrons. The van der Waals surface area contributed by atoms with Crippen LogP contribution in [-0.2, 0) is 11.3 Å². The predicted molar refractivity (Wildman–Crippen MR) is 103 cm³/mol. The van der Waals surface area contributed by atoms with Gasteiger partial charge in [-0.05, 0) is 46.5 Å². The highest BCUT2D eigenvalue weighted by molar-refractivity contribution is 9.10. The van der Waals surface area contributed by atoms with Crippen LogP contribution in [0.15, 0.2) is 51.6 Å². The molecule has 1 atom stereocenters. The molecule has 0 aliphatic carbocycles. The summed E-state index contributed by atoms with van der Waals surface area (Å²) in [6, 6.07) is 14.8. The molecule has 1 aromatic heterocycles. The molecule has 0 spiro atoms. The largest absolute Gasteiger partial charge is 0.451 e. The molecular formula is C19H21BrN2O2S. The molecule has 4 rings (SSSR count). The number of furan rings is 1. The third-order valence-corrected chi connectivity index (χ3v) is 6.56. The highest BCUT2D eigenvalue weighted by atomic mass is 79.9. The van der Waals surface area contributed by atoms with Crippen LogP contribution in [0.1, 0.15) is 29.5 Å². The quantitative estimate of drug-likeness (QED) is 0.739. The Hall–Kier alpha value is -1.24. The Morgan fingerprint density at radius 2 is 1.88 bits per heavy atom. The average Bonchev–Trinajstić information content (AvgIpc) is 3.22. The Bertz CT molecular complexity index is 728. The van der Waals surface area contributed by atoms with E-state index in [2.05, 4.69) is 56.1 Å². The van der Waals surface area contributed by atoms with Crippen molar-refractivity contribution in [3.05, 3.63) is 58.5 Å². The number of piperidine rings is 1. The van der Waals surface area contributed by atoms with Crippen LogP contribution in [0.5, 0.6) is 0 Å². The third-order valence-electron chi connectivity index (χ3n) is 4.94. The number of likely N-dealkylation sites (tertiary alicyclic amines) is 1. The minimum absolute atomic E-state index is 0.0180. The van der Waals surface area contributed by atoms with Gasteiger partial charge in [-0.2, -0.15) is 0 Å². The second kappa shape index (κ2) is 7.56. The number of hydrogen-bond donors (Lipinski definition) is 0. The SMILES string of the molecule is O=C1CSC(c2ccc(Br)o2)N1C1CCN(Cc2ccccc2)CC1. The molecule has 0 saturated carbocycles. The topological polar surface area (TPSA) is 36.7 Å². The van der Waals surface area contributed by atoms with E-state index in [4.69, 9.17) is 4.42 Å². The van der Waals surface area contributed by atoms with Crippen LogP contribution in [-0.4, -0.2) is 40.6 Å². The van der Waals surface area contributed by atoms with E-state index in [9.17, 15) is 4.79 Å². The van der Waals surface area contributed by atoms with E-state index in [1.807, 2.05) is 12.1 Å². The number of nitrogens with zero attached hydrogens (tertiary/aromatic N) is 2. The minimum atomic E-state index is 0.0180. The zero-order valence-electron chi connectivity index (χ0n) is 13.9. The van der Waals surface area contributed by atoms with Gasteiger partial charge < -0.3 is 9.32 Å². The Balaban J connectivity index is 1.40. The molecule has 0 bridgehead atoms. The van der Waals surface area contributed by atoms with E-state index < -0.39 is 0 Å². The van der Waals surface area contributed by atoms with E-state index >= 15 is 0 Å². The lowest BCUT2D eigenvalue weighted by molar-refractivity contribution is -0.131. The maximum absolute atomic E-state index is 12.5. The van der Waals surface area contributed by atoms with E-state index in [1.54, 1.807) is 11.8 Å². The molecule has 132 valence electrons. The van der Waals surface area contributed by atoms with Crippen LogP contribution in [0.2, 0.25) is 0 Å². The maximum atomic E-state index is 12.5. The summed E-state index contributed by atoms with van der Waals surface area (Å²) in [5.41, 5.74) is 1.35. The summed E-state index contributed by atoms with van der Waals surface area (Å²) in [6.45, 7) is 3.05. The number of carbonyl (C=O) groups is 1. The highest BCUT2D eigenvalue weighted by Gasteiger charge is 2.40. The fourth-order valence-electron chi connectivity index (χ4n) is 3.71. The first-order valence-corrected chi connectivity index (χ1v) is 10.5. The van der Waals surface area contributed by atoms with Gasteiger partial charge in [0.2, 0.25) is 5.91 Å². The molecule has 3 heterocycles. The summed E-state index contributed by atoms with van der Waals surface area (Å²) in [5, 5.41) is 0.0180. The lowest BCUT2D eigenvalue weighted by Crippen LogP contribution is -2.46. The first kappa shape index (κ1) is 17.2. The van der Waals surface area contributed by atoms with E-state index in [0.29, 0.717) is 11.8 Å². The molecule has 1 unspecified atom stereocenters. The Kier molecular flexibility index (Phi) is 5.20. The van der Waals surface area contributed by atoms with Gasteiger partial charge in [0.15, 0.2) is 4.67 Å². The minimum Gasteiger partial charge on any atom is -0.451 e. The number of thioether (sulfide) groups is 1. The molecule has 25 heavy (non-hydrogen) atoms. The van der Waals surface area contributed by atoms with Gasteiger partial charge in [-0.1, -0.05) is 30.3 Å². The predicted octanol–water partition coefficient (Wildman–Crippen LogP) is 4.28. The number of hydrogen-bond acceptors (Lipinski definition) is 4. The van der Waals surface area contributed by atoms with Crippen LogP contribution < -0.4 is 0 Å². The number of halogens is 1. The normalized spacial score (nSPS) is 22.7.